The molecule has 0 radical (unpaired) electrons. The van der Waals surface area contributed by atoms with E-state index in [1.54, 1.807) is 19.1 Å². The minimum Gasteiger partial charge on any atom is -0.507 e. The van der Waals surface area contributed by atoms with E-state index in [0.29, 0.717) is 24.0 Å². The second-order valence-corrected chi connectivity index (χ2v) is 4.99. The average molecular weight is 277 g/mol. The summed E-state index contributed by atoms with van der Waals surface area (Å²) in [5.74, 6) is 0.0102. The molecule has 1 aliphatic rings. The SMILES string of the molecule is Cc1cc(Br)cc(C2(C(F)F)CC2)c1O. The van der Waals surface area contributed by atoms with Gasteiger partial charge in [0.05, 0.1) is 5.41 Å². The summed E-state index contributed by atoms with van der Waals surface area (Å²) in [5.41, 5.74) is -0.0887. The molecule has 1 nitrogen and oxygen atoms in total. The standard InChI is InChI=1S/C11H11BrF2O/c1-6-4-7(12)5-8(9(6)15)11(2-3-11)10(13)14/h4-5,10,15H,2-3H2,1H3. The number of aryl methyl sites for hydroxylation is 1. The first-order valence-electron chi connectivity index (χ1n) is 4.75. The Morgan fingerprint density at radius 3 is 2.47 bits per heavy atom. The molecule has 0 saturated heterocycles. The maximum Gasteiger partial charge on any atom is 0.248 e. The van der Waals surface area contributed by atoms with Gasteiger partial charge in [-0.3, -0.25) is 0 Å². The summed E-state index contributed by atoms with van der Waals surface area (Å²) in [5, 5.41) is 9.79. The number of halogens is 3. The van der Waals surface area contributed by atoms with Gasteiger partial charge in [-0.05, 0) is 37.5 Å². The molecule has 0 unspecified atom stereocenters. The number of rotatable bonds is 2. The average Bonchev–Trinajstić information content (AvgIpc) is 2.91. The Labute approximate surface area is 95.2 Å². The van der Waals surface area contributed by atoms with Gasteiger partial charge in [0, 0.05) is 10.0 Å². The summed E-state index contributed by atoms with van der Waals surface area (Å²) < 4.78 is 26.5. The summed E-state index contributed by atoms with van der Waals surface area (Å²) in [6.45, 7) is 1.71. The molecular weight excluding hydrogens is 266 g/mol. The van der Waals surface area contributed by atoms with Gasteiger partial charge < -0.3 is 5.11 Å². The molecule has 4 heteroatoms. The Kier molecular flexibility index (Phi) is 2.49. The van der Waals surface area contributed by atoms with Gasteiger partial charge in [-0.25, -0.2) is 8.78 Å². The second kappa shape index (κ2) is 3.44. The Morgan fingerprint density at radius 2 is 2.00 bits per heavy atom. The molecule has 0 atom stereocenters. The summed E-state index contributed by atoms with van der Waals surface area (Å²) >= 11 is 3.26. The highest BCUT2D eigenvalue weighted by molar-refractivity contribution is 9.10. The molecule has 1 aromatic rings. The van der Waals surface area contributed by atoms with E-state index in [9.17, 15) is 13.9 Å². The summed E-state index contributed by atoms with van der Waals surface area (Å²) in [7, 11) is 0. The van der Waals surface area contributed by atoms with Gasteiger partial charge in [-0.2, -0.15) is 0 Å². The smallest absolute Gasteiger partial charge is 0.248 e. The van der Waals surface area contributed by atoms with Crippen LogP contribution in [0.5, 0.6) is 5.75 Å². The van der Waals surface area contributed by atoms with E-state index >= 15 is 0 Å². The first-order chi connectivity index (χ1) is 6.97. The monoisotopic (exact) mass is 276 g/mol. The van der Waals surface area contributed by atoms with Crippen LogP contribution in [0.4, 0.5) is 8.78 Å². The highest BCUT2D eigenvalue weighted by atomic mass is 79.9. The van der Waals surface area contributed by atoms with Crippen LogP contribution in [0.3, 0.4) is 0 Å². The van der Waals surface area contributed by atoms with E-state index in [4.69, 9.17) is 0 Å². The van der Waals surface area contributed by atoms with Crippen molar-refractivity contribution in [2.75, 3.05) is 0 Å². The lowest BCUT2D eigenvalue weighted by atomic mass is 9.94. The van der Waals surface area contributed by atoms with E-state index in [1.807, 2.05) is 0 Å². The van der Waals surface area contributed by atoms with Crippen LogP contribution in [0.1, 0.15) is 24.0 Å². The zero-order valence-electron chi connectivity index (χ0n) is 8.23. The van der Waals surface area contributed by atoms with E-state index in [-0.39, 0.29) is 5.75 Å². The van der Waals surface area contributed by atoms with Crippen molar-refractivity contribution in [3.8, 4) is 5.75 Å². The number of hydrogen-bond acceptors (Lipinski definition) is 1. The molecule has 0 aromatic heterocycles. The van der Waals surface area contributed by atoms with Gasteiger partial charge in [0.2, 0.25) is 6.43 Å². The zero-order chi connectivity index (χ0) is 11.2. The van der Waals surface area contributed by atoms with Crippen LogP contribution in [-0.2, 0) is 5.41 Å². The fraction of sp³-hybridized carbons (Fsp3) is 0.455. The topological polar surface area (TPSA) is 20.2 Å². The van der Waals surface area contributed by atoms with Crippen molar-refractivity contribution in [2.45, 2.75) is 31.6 Å². The lowest BCUT2D eigenvalue weighted by Crippen LogP contribution is -2.17. The largest absolute Gasteiger partial charge is 0.507 e. The molecule has 0 bridgehead atoms. The van der Waals surface area contributed by atoms with Gasteiger partial charge in [0.25, 0.3) is 0 Å². The van der Waals surface area contributed by atoms with E-state index in [1.165, 1.54) is 0 Å². The molecule has 82 valence electrons. The molecule has 2 rings (SSSR count). The van der Waals surface area contributed by atoms with E-state index < -0.39 is 11.8 Å². The molecule has 0 spiro atoms. The minimum absolute atomic E-state index is 0.0102. The minimum atomic E-state index is -2.41. The van der Waals surface area contributed by atoms with Crippen molar-refractivity contribution in [3.05, 3.63) is 27.7 Å². The third-order valence-electron chi connectivity index (χ3n) is 3.01. The van der Waals surface area contributed by atoms with Crippen molar-refractivity contribution in [1.82, 2.24) is 0 Å². The maximum atomic E-state index is 12.9. The Hall–Kier alpha value is -0.640. The molecule has 0 heterocycles. The van der Waals surface area contributed by atoms with E-state index in [0.717, 1.165) is 4.47 Å². The summed E-state index contributed by atoms with van der Waals surface area (Å²) in [6.07, 6.45) is -1.50. The first-order valence-corrected chi connectivity index (χ1v) is 5.54. The molecule has 1 saturated carbocycles. The predicted molar refractivity (Wildman–Crippen MR) is 57.5 cm³/mol. The highest BCUT2D eigenvalue weighted by Gasteiger charge is 2.54. The van der Waals surface area contributed by atoms with Crippen LogP contribution in [0, 0.1) is 6.92 Å². The van der Waals surface area contributed by atoms with Crippen molar-refractivity contribution in [3.63, 3.8) is 0 Å². The van der Waals surface area contributed by atoms with Gasteiger partial charge in [0.1, 0.15) is 5.75 Å². The van der Waals surface area contributed by atoms with Gasteiger partial charge in [-0.15, -0.1) is 0 Å². The third kappa shape index (κ3) is 1.65. The highest BCUT2D eigenvalue weighted by Crippen LogP contribution is 2.56. The number of aromatic hydroxyl groups is 1. The van der Waals surface area contributed by atoms with Crippen LogP contribution >= 0.6 is 15.9 Å². The van der Waals surface area contributed by atoms with E-state index in [2.05, 4.69) is 15.9 Å². The van der Waals surface area contributed by atoms with Crippen LogP contribution in [0.25, 0.3) is 0 Å². The molecule has 1 aliphatic carbocycles. The van der Waals surface area contributed by atoms with Crippen molar-refractivity contribution < 1.29 is 13.9 Å². The normalized spacial score (nSPS) is 18.2. The second-order valence-electron chi connectivity index (χ2n) is 4.08. The number of hydrogen-bond donors (Lipinski definition) is 1. The maximum absolute atomic E-state index is 12.9. The van der Waals surface area contributed by atoms with Crippen LogP contribution in [-0.4, -0.2) is 11.5 Å². The molecule has 0 aliphatic heterocycles. The number of alkyl halides is 2. The Bertz CT molecular complexity index is 400. The molecule has 1 fully saturated rings. The van der Waals surface area contributed by atoms with Gasteiger partial charge >= 0.3 is 0 Å². The van der Waals surface area contributed by atoms with Crippen LogP contribution < -0.4 is 0 Å². The number of phenols is 1. The van der Waals surface area contributed by atoms with Gasteiger partial charge in [0.15, 0.2) is 0 Å². The molecular formula is C11H11BrF2O. The van der Waals surface area contributed by atoms with Crippen molar-refractivity contribution in [2.24, 2.45) is 0 Å². The van der Waals surface area contributed by atoms with Crippen molar-refractivity contribution in [1.29, 1.82) is 0 Å². The quantitative estimate of drug-likeness (QED) is 0.872. The number of phenolic OH excluding ortho intramolecular Hbond substituents is 1. The summed E-state index contributed by atoms with van der Waals surface area (Å²) in [4.78, 5) is 0. The Morgan fingerprint density at radius 1 is 1.40 bits per heavy atom. The fourth-order valence-electron chi connectivity index (χ4n) is 1.85. The zero-order valence-corrected chi connectivity index (χ0v) is 9.81. The number of benzene rings is 1. The first kappa shape index (κ1) is 10.9. The lowest BCUT2D eigenvalue weighted by Gasteiger charge is -2.17. The predicted octanol–water partition coefficient (Wildman–Crippen LogP) is 3.76. The van der Waals surface area contributed by atoms with Gasteiger partial charge in [-0.1, -0.05) is 15.9 Å². The van der Waals surface area contributed by atoms with Crippen LogP contribution in [0.15, 0.2) is 16.6 Å². The molecule has 15 heavy (non-hydrogen) atoms. The lowest BCUT2D eigenvalue weighted by molar-refractivity contribution is 0.100. The molecule has 1 aromatic carbocycles. The molecule has 1 N–H and O–H groups in total. The van der Waals surface area contributed by atoms with Crippen LogP contribution in [0.2, 0.25) is 0 Å². The third-order valence-corrected chi connectivity index (χ3v) is 3.47. The Balaban J connectivity index is 2.53. The fourth-order valence-corrected chi connectivity index (χ4v) is 2.43. The van der Waals surface area contributed by atoms with Crippen molar-refractivity contribution >= 4 is 15.9 Å². The molecule has 0 amide bonds. The summed E-state index contributed by atoms with van der Waals surface area (Å²) in [6, 6.07) is 3.32.